The zero-order chi connectivity index (χ0) is 46.1. The van der Waals surface area contributed by atoms with Crippen LogP contribution in [0.2, 0.25) is 0 Å². The van der Waals surface area contributed by atoms with Gasteiger partial charge in [-0.15, -0.1) is 9.32 Å². The van der Waals surface area contributed by atoms with Crippen LogP contribution in [0.5, 0.6) is 11.5 Å². The van der Waals surface area contributed by atoms with Gasteiger partial charge in [0.25, 0.3) is 21.8 Å². The van der Waals surface area contributed by atoms with E-state index in [0.717, 1.165) is 37.1 Å². The Balaban J connectivity index is 0.000000258. The first kappa shape index (κ1) is 51.1. The number of hydrogen-bond acceptors (Lipinski definition) is 11. The molecule has 0 radical (unpaired) electrons. The number of nitrogens with two attached hydrogens (primary N) is 1. The minimum Gasteiger partial charge on any atom is -0.493 e. The fourth-order valence-electron chi connectivity index (χ4n) is 7.98. The second-order valence-electron chi connectivity index (χ2n) is 16.7. The fourth-order valence-corrected chi connectivity index (χ4v) is 9.61. The molecule has 352 valence electrons. The van der Waals surface area contributed by atoms with Crippen LogP contribution in [0.1, 0.15) is 143 Å². The average Bonchev–Trinajstić information content (AvgIpc) is 3.33. The van der Waals surface area contributed by atoms with Gasteiger partial charge < -0.3 is 20.1 Å². The Kier molecular flexibility index (Phi) is 22.1. The van der Waals surface area contributed by atoms with Gasteiger partial charge in [0.1, 0.15) is 16.4 Å². The van der Waals surface area contributed by atoms with E-state index in [-0.39, 0.29) is 22.9 Å². The number of benzene rings is 4. The highest BCUT2D eigenvalue weighted by Crippen LogP contribution is 2.30. The molecule has 65 heavy (non-hydrogen) atoms. The Morgan fingerprint density at radius 1 is 0.631 bits per heavy atom. The summed E-state index contributed by atoms with van der Waals surface area (Å²) in [7, 11) is -4.14. The van der Waals surface area contributed by atoms with Crippen LogP contribution in [-0.2, 0) is 24.1 Å². The number of ether oxygens (including phenoxy) is 2. The summed E-state index contributed by atoms with van der Waals surface area (Å²) in [5.74, 6) is 6.15. The fraction of sp³-hybridized carbons (Fsp3) is 0.460. The smallest absolute Gasteiger partial charge is 0.266 e. The first-order valence-electron chi connectivity index (χ1n) is 23.2. The average molecular weight is 931 g/mol. The molecule has 13 nitrogen and oxygen atoms in total. The number of unbranched alkanes of at least 4 members (excludes halogenated alkanes) is 6. The van der Waals surface area contributed by atoms with Crippen molar-refractivity contribution >= 4 is 51.2 Å². The lowest BCUT2D eigenvalue weighted by molar-refractivity contribution is -0.195. The minimum absolute atomic E-state index is 0.113. The van der Waals surface area contributed by atoms with E-state index in [0.29, 0.717) is 58.9 Å². The van der Waals surface area contributed by atoms with E-state index in [9.17, 15) is 22.8 Å². The Hall–Kier alpha value is -4.93. The molecule has 0 spiro atoms. The highest BCUT2D eigenvalue weighted by Gasteiger charge is 2.23. The third-order valence-electron chi connectivity index (χ3n) is 11.6. The molecule has 2 saturated carbocycles. The van der Waals surface area contributed by atoms with E-state index < -0.39 is 21.8 Å². The SMILES string of the molecule is CCCCCCCCCC(=O)NS(=O)(=O)c1ccccc1NC(=O)c1cccc(OCC2CCCCC2)c1.NOOSc1ccccc1NC(=O)c1cccc(OCC2CCCCC2)c1. The Bertz CT molecular complexity index is 2190. The number of rotatable bonds is 23. The van der Waals surface area contributed by atoms with Gasteiger partial charge >= 0.3 is 0 Å². The van der Waals surface area contributed by atoms with Crippen LogP contribution >= 0.6 is 12.0 Å². The molecule has 5 N–H and O–H groups in total. The van der Waals surface area contributed by atoms with Crippen molar-refractivity contribution in [2.75, 3.05) is 23.8 Å². The van der Waals surface area contributed by atoms with Gasteiger partial charge in [0.15, 0.2) is 0 Å². The number of sulfonamides is 1. The van der Waals surface area contributed by atoms with E-state index in [1.807, 2.05) is 30.3 Å². The molecule has 0 saturated heterocycles. The quantitative estimate of drug-likeness (QED) is 0.0240. The molecule has 4 aromatic carbocycles. The highest BCUT2D eigenvalue weighted by molar-refractivity contribution is 7.94. The van der Waals surface area contributed by atoms with Gasteiger partial charge in [-0.25, -0.2) is 13.1 Å². The summed E-state index contributed by atoms with van der Waals surface area (Å²) in [5.41, 5.74) is 1.62. The summed E-state index contributed by atoms with van der Waals surface area (Å²) in [6.07, 6.45) is 19.9. The third kappa shape index (κ3) is 18.1. The van der Waals surface area contributed by atoms with Crippen molar-refractivity contribution in [2.24, 2.45) is 17.7 Å². The van der Waals surface area contributed by atoms with Crippen LogP contribution in [0.15, 0.2) is 107 Å². The Morgan fingerprint density at radius 2 is 1.14 bits per heavy atom. The number of hydrogen-bond donors (Lipinski definition) is 4. The largest absolute Gasteiger partial charge is 0.493 e. The summed E-state index contributed by atoms with van der Waals surface area (Å²) in [5, 5.41) is 5.57. The summed E-state index contributed by atoms with van der Waals surface area (Å²) < 4.78 is 44.7. The van der Waals surface area contributed by atoms with Crippen LogP contribution in [0.4, 0.5) is 11.4 Å². The van der Waals surface area contributed by atoms with Crippen molar-refractivity contribution in [3.05, 3.63) is 108 Å². The van der Waals surface area contributed by atoms with E-state index in [4.69, 9.17) is 15.4 Å². The molecule has 0 aromatic heterocycles. The van der Waals surface area contributed by atoms with E-state index in [1.54, 1.807) is 54.6 Å². The molecule has 0 bridgehead atoms. The van der Waals surface area contributed by atoms with Gasteiger partial charge in [-0.2, -0.15) is 5.90 Å². The molecule has 0 aliphatic heterocycles. The zero-order valence-electron chi connectivity index (χ0n) is 37.6. The van der Waals surface area contributed by atoms with E-state index >= 15 is 0 Å². The maximum absolute atomic E-state index is 13.0. The van der Waals surface area contributed by atoms with Crippen molar-refractivity contribution in [1.29, 1.82) is 0 Å². The maximum atomic E-state index is 13.0. The van der Waals surface area contributed by atoms with Crippen LogP contribution in [0.25, 0.3) is 0 Å². The van der Waals surface area contributed by atoms with Gasteiger partial charge in [0.2, 0.25) is 5.91 Å². The maximum Gasteiger partial charge on any atom is 0.266 e. The molecular weight excluding hydrogens is 865 g/mol. The topological polar surface area (TPSA) is 184 Å². The van der Waals surface area contributed by atoms with Gasteiger partial charge in [-0.05, 0) is 105 Å². The first-order chi connectivity index (χ1) is 31.6. The predicted octanol–water partition coefficient (Wildman–Crippen LogP) is 11.6. The molecule has 0 unspecified atom stereocenters. The highest BCUT2D eigenvalue weighted by atomic mass is 32.2. The lowest BCUT2D eigenvalue weighted by Gasteiger charge is -2.21. The van der Waals surface area contributed by atoms with Crippen molar-refractivity contribution in [3.8, 4) is 11.5 Å². The van der Waals surface area contributed by atoms with Crippen molar-refractivity contribution in [3.63, 3.8) is 0 Å². The normalized spacial score (nSPS) is 14.4. The monoisotopic (exact) mass is 930 g/mol. The van der Waals surface area contributed by atoms with Gasteiger partial charge in [-0.3, -0.25) is 14.4 Å². The van der Waals surface area contributed by atoms with Crippen LogP contribution in [0, 0.1) is 11.8 Å². The summed E-state index contributed by atoms with van der Waals surface area (Å²) in [4.78, 5) is 42.6. The minimum atomic E-state index is -4.14. The number of anilines is 2. The number of carbonyl (C=O) groups is 3. The third-order valence-corrected chi connectivity index (χ3v) is 13.7. The zero-order valence-corrected chi connectivity index (χ0v) is 39.2. The molecule has 4 aromatic rings. The Labute approximate surface area is 389 Å². The molecule has 15 heteroatoms. The number of para-hydroxylation sites is 2. The summed E-state index contributed by atoms with van der Waals surface area (Å²) >= 11 is 0.925. The lowest BCUT2D eigenvalue weighted by atomic mass is 9.90. The van der Waals surface area contributed by atoms with Crippen molar-refractivity contribution < 1.29 is 41.6 Å². The molecule has 0 atom stereocenters. The number of carbonyl (C=O) groups excluding carboxylic acids is 3. The molecule has 2 aliphatic carbocycles. The summed E-state index contributed by atoms with van der Waals surface area (Å²) in [6.45, 7) is 3.51. The van der Waals surface area contributed by atoms with Crippen molar-refractivity contribution in [2.45, 2.75) is 132 Å². The second-order valence-corrected chi connectivity index (χ2v) is 19.1. The van der Waals surface area contributed by atoms with Crippen LogP contribution in [0.3, 0.4) is 0 Å². The molecule has 0 heterocycles. The number of nitrogens with one attached hydrogen (secondary N) is 3. The molecule has 2 fully saturated rings. The molecule has 6 rings (SSSR count). The van der Waals surface area contributed by atoms with Crippen LogP contribution in [-0.4, -0.2) is 39.4 Å². The van der Waals surface area contributed by atoms with Gasteiger partial charge in [0.05, 0.1) is 41.5 Å². The first-order valence-corrected chi connectivity index (χ1v) is 25.4. The van der Waals surface area contributed by atoms with Gasteiger partial charge in [0, 0.05) is 17.5 Å². The van der Waals surface area contributed by atoms with Crippen LogP contribution < -0.4 is 30.7 Å². The number of amides is 3. The van der Waals surface area contributed by atoms with E-state index in [1.165, 1.54) is 95.6 Å². The predicted molar refractivity (Wildman–Crippen MR) is 256 cm³/mol. The van der Waals surface area contributed by atoms with E-state index in [2.05, 4.69) is 31.6 Å². The van der Waals surface area contributed by atoms with Gasteiger partial charge in [-0.1, -0.05) is 120 Å². The molecule has 2 aliphatic rings. The van der Waals surface area contributed by atoms with Crippen molar-refractivity contribution in [1.82, 2.24) is 4.72 Å². The second kappa shape index (κ2) is 28.2. The standard InChI is InChI=1S/C30H42N2O5S.C20H24N2O4S/c1-2-3-4-5-6-7-11-21-29(33)32-38(35,36)28-20-13-12-19-27(28)31-30(34)25-17-14-18-26(22-25)37-23-24-15-9-8-10-16-24;21-25-26-27-19-12-5-4-11-18(19)22-20(23)16-9-6-10-17(13-16)24-14-15-7-2-1-3-8-15/h12-14,17-20,22,24H,2-11,15-16,21,23H2,1H3,(H,31,34)(H,32,33);4-6,9-13,15H,1-3,7-8,14,21H2,(H,22,23). The Morgan fingerprint density at radius 3 is 1.71 bits per heavy atom. The molecular formula is C50H66N4O9S2. The molecule has 3 amide bonds. The lowest BCUT2D eigenvalue weighted by Crippen LogP contribution is -2.31. The summed E-state index contributed by atoms with van der Waals surface area (Å²) in [6, 6.07) is 27.5.